The van der Waals surface area contributed by atoms with Crippen molar-refractivity contribution in [1.82, 2.24) is 0 Å². The molecular weight excluding hydrogens is 362 g/mol. The summed E-state index contributed by atoms with van der Waals surface area (Å²) in [7, 11) is 0. The lowest BCUT2D eigenvalue weighted by Crippen LogP contribution is -2.54. The van der Waals surface area contributed by atoms with Gasteiger partial charge in [0.1, 0.15) is 6.29 Å². The summed E-state index contributed by atoms with van der Waals surface area (Å²) in [5, 5.41) is 0. The first-order valence-electron chi connectivity index (χ1n) is 9.78. The number of anilines is 1. The Morgan fingerprint density at radius 3 is 1.86 bits per heavy atom. The van der Waals surface area contributed by atoms with Gasteiger partial charge in [-0.25, -0.2) is 4.90 Å². The van der Waals surface area contributed by atoms with E-state index in [9.17, 15) is 14.4 Å². The van der Waals surface area contributed by atoms with Crippen LogP contribution in [0.25, 0.3) is 0 Å². The summed E-state index contributed by atoms with van der Waals surface area (Å²) in [4.78, 5) is 41.4. The monoisotopic (exact) mass is 379 g/mol. The molecule has 4 nitrogen and oxygen atoms in total. The highest BCUT2D eigenvalue weighted by Crippen LogP contribution is 2.63. The summed E-state index contributed by atoms with van der Waals surface area (Å²) in [5.74, 6) is -2.02. The fourth-order valence-electron chi connectivity index (χ4n) is 5.86. The lowest BCUT2D eigenvalue weighted by Gasteiger charge is -2.51. The van der Waals surface area contributed by atoms with E-state index in [-0.39, 0.29) is 17.7 Å². The van der Waals surface area contributed by atoms with Crippen molar-refractivity contribution in [3.8, 4) is 0 Å². The van der Waals surface area contributed by atoms with Crippen molar-refractivity contribution in [3.05, 3.63) is 101 Å². The molecule has 2 amide bonds. The number of hydrogen-bond donors (Lipinski definition) is 0. The van der Waals surface area contributed by atoms with Crippen molar-refractivity contribution >= 4 is 23.8 Å². The smallest absolute Gasteiger partial charge is 0.239 e. The van der Waals surface area contributed by atoms with Gasteiger partial charge in [-0.2, -0.15) is 0 Å². The molecule has 4 heteroatoms. The molecule has 3 aliphatic carbocycles. The molecule has 1 saturated heterocycles. The Bertz CT molecular complexity index is 1150. The molecular formula is C25H17NO3. The fraction of sp³-hybridized carbons (Fsp3) is 0.160. The summed E-state index contributed by atoms with van der Waals surface area (Å²) < 4.78 is 0. The van der Waals surface area contributed by atoms with Gasteiger partial charge >= 0.3 is 0 Å². The third-order valence-electron chi connectivity index (χ3n) is 6.88. The minimum atomic E-state index is -1.14. The van der Waals surface area contributed by atoms with Crippen molar-refractivity contribution < 1.29 is 14.4 Å². The maximum atomic E-state index is 13.7. The number of benzene rings is 3. The van der Waals surface area contributed by atoms with Crippen LogP contribution >= 0.6 is 0 Å². The molecule has 29 heavy (non-hydrogen) atoms. The average molecular weight is 379 g/mol. The first kappa shape index (κ1) is 16.4. The van der Waals surface area contributed by atoms with Crippen LogP contribution in [0.1, 0.15) is 28.2 Å². The molecule has 1 aliphatic heterocycles. The van der Waals surface area contributed by atoms with Gasteiger partial charge in [-0.05, 0) is 34.4 Å². The van der Waals surface area contributed by atoms with Crippen LogP contribution in [0.5, 0.6) is 0 Å². The Balaban J connectivity index is 1.67. The second-order valence-electron chi connectivity index (χ2n) is 7.99. The van der Waals surface area contributed by atoms with Crippen LogP contribution in [-0.4, -0.2) is 18.1 Å². The highest BCUT2D eigenvalue weighted by atomic mass is 16.2. The third-order valence-corrected chi connectivity index (χ3v) is 6.88. The van der Waals surface area contributed by atoms with E-state index < -0.39 is 17.3 Å². The predicted molar refractivity (Wildman–Crippen MR) is 107 cm³/mol. The zero-order valence-corrected chi connectivity index (χ0v) is 15.5. The van der Waals surface area contributed by atoms with Crippen LogP contribution in [0, 0.1) is 11.8 Å². The SMILES string of the molecule is O=CC12c3ccccc3C(c3ccccc31)[C@H]1C(=O)N(c3ccccc3)C(=O)[C@H]12. The largest absolute Gasteiger partial charge is 0.302 e. The predicted octanol–water partition coefficient (Wildman–Crippen LogP) is 3.44. The summed E-state index contributed by atoms with van der Waals surface area (Å²) in [6.07, 6.45) is 0.900. The molecule has 4 aliphatic rings. The molecule has 1 fully saturated rings. The van der Waals surface area contributed by atoms with Gasteiger partial charge in [-0.15, -0.1) is 0 Å². The molecule has 3 aromatic carbocycles. The molecule has 2 atom stereocenters. The molecule has 0 unspecified atom stereocenters. The van der Waals surface area contributed by atoms with Crippen LogP contribution in [0.15, 0.2) is 78.9 Å². The van der Waals surface area contributed by atoms with Crippen molar-refractivity contribution in [3.63, 3.8) is 0 Å². The number of para-hydroxylation sites is 1. The Morgan fingerprint density at radius 2 is 1.28 bits per heavy atom. The molecule has 3 aromatic rings. The van der Waals surface area contributed by atoms with Crippen LogP contribution in [0.4, 0.5) is 5.69 Å². The molecule has 140 valence electrons. The molecule has 0 spiro atoms. The van der Waals surface area contributed by atoms with E-state index >= 15 is 0 Å². The second-order valence-corrected chi connectivity index (χ2v) is 7.99. The van der Waals surface area contributed by atoms with Crippen LogP contribution in [-0.2, 0) is 19.8 Å². The minimum absolute atomic E-state index is 0.216. The summed E-state index contributed by atoms with van der Waals surface area (Å²) in [6, 6.07) is 24.5. The van der Waals surface area contributed by atoms with E-state index in [0.717, 1.165) is 28.5 Å². The number of aldehydes is 1. The van der Waals surface area contributed by atoms with E-state index in [1.807, 2.05) is 66.7 Å². The highest BCUT2D eigenvalue weighted by Gasteiger charge is 2.68. The van der Waals surface area contributed by atoms with Gasteiger partial charge in [0.15, 0.2) is 0 Å². The molecule has 2 bridgehead atoms. The number of carbonyl (C=O) groups is 3. The van der Waals surface area contributed by atoms with E-state index in [4.69, 9.17) is 0 Å². The van der Waals surface area contributed by atoms with Gasteiger partial charge in [-0.1, -0.05) is 66.7 Å². The van der Waals surface area contributed by atoms with Gasteiger partial charge in [0.25, 0.3) is 0 Å². The Kier molecular flexibility index (Phi) is 3.12. The first-order chi connectivity index (χ1) is 14.2. The van der Waals surface area contributed by atoms with Gasteiger partial charge < -0.3 is 4.79 Å². The fourth-order valence-corrected chi connectivity index (χ4v) is 5.86. The molecule has 0 radical (unpaired) electrons. The van der Waals surface area contributed by atoms with Crippen LogP contribution in [0.2, 0.25) is 0 Å². The summed E-state index contributed by atoms with van der Waals surface area (Å²) in [6.45, 7) is 0. The highest BCUT2D eigenvalue weighted by molar-refractivity contribution is 6.24. The number of nitrogens with zero attached hydrogens (tertiary/aromatic N) is 1. The van der Waals surface area contributed by atoms with Gasteiger partial charge in [0.2, 0.25) is 11.8 Å². The molecule has 0 aromatic heterocycles. The summed E-state index contributed by atoms with van der Waals surface area (Å²) >= 11 is 0. The zero-order chi connectivity index (χ0) is 19.8. The number of imide groups is 1. The van der Waals surface area contributed by atoms with E-state index in [1.54, 1.807) is 12.1 Å². The Hall–Kier alpha value is -3.53. The Labute approximate surface area is 167 Å². The number of hydrogen-bond acceptors (Lipinski definition) is 3. The lowest BCUT2D eigenvalue weighted by molar-refractivity contribution is -0.128. The molecule has 7 rings (SSSR count). The van der Waals surface area contributed by atoms with Gasteiger partial charge in [-0.3, -0.25) is 9.59 Å². The van der Waals surface area contributed by atoms with E-state index in [1.165, 1.54) is 4.90 Å². The minimum Gasteiger partial charge on any atom is -0.302 e. The van der Waals surface area contributed by atoms with Crippen molar-refractivity contribution in [1.29, 1.82) is 0 Å². The first-order valence-corrected chi connectivity index (χ1v) is 9.78. The van der Waals surface area contributed by atoms with Crippen LogP contribution < -0.4 is 4.90 Å². The third kappa shape index (κ3) is 1.77. The maximum Gasteiger partial charge on any atom is 0.239 e. The van der Waals surface area contributed by atoms with E-state index in [2.05, 4.69) is 0 Å². The van der Waals surface area contributed by atoms with Crippen molar-refractivity contribution in [2.24, 2.45) is 11.8 Å². The van der Waals surface area contributed by atoms with Gasteiger partial charge in [0.05, 0.1) is 22.9 Å². The van der Waals surface area contributed by atoms with Crippen molar-refractivity contribution in [2.45, 2.75) is 11.3 Å². The zero-order valence-electron chi connectivity index (χ0n) is 15.5. The van der Waals surface area contributed by atoms with E-state index in [0.29, 0.717) is 5.69 Å². The second kappa shape index (κ2) is 5.51. The molecule has 0 saturated carbocycles. The average Bonchev–Trinajstić information content (AvgIpc) is 3.05. The summed E-state index contributed by atoms with van der Waals surface area (Å²) in [5.41, 5.74) is 3.10. The number of carbonyl (C=O) groups excluding carboxylic acids is 3. The molecule has 0 N–H and O–H groups in total. The maximum absolute atomic E-state index is 13.7. The normalized spacial score (nSPS) is 28.7. The Morgan fingerprint density at radius 1 is 0.724 bits per heavy atom. The topological polar surface area (TPSA) is 54.5 Å². The quantitative estimate of drug-likeness (QED) is 0.506. The van der Waals surface area contributed by atoms with Crippen LogP contribution in [0.3, 0.4) is 0 Å². The molecule has 1 heterocycles. The lowest BCUT2D eigenvalue weighted by atomic mass is 9.48. The standard InChI is InChI=1S/C25H17NO3/c27-14-25-18-12-6-4-10-16(18)20(17-11-5-7-13-19(17)25)21-22(25)24(29)26(23(21)28)15-8-2-1-3-9-15/h1-14,20-22H/t20?,21-,22+,25?/m1/s1. The number of rotatable bonds is 2. The van der Waals surface area contributed by atoms with Gasteiger partial charge in [0, 0.05) is 5.92 Å². The number of amides is 2. The van der Waals surface area contributed by atoms with Crippen molar-refractivity contribution in [2.75, 3.05) is 4.90 Å².